The molecule has 4 rings (SSSR count). The number of hydrogen-bond donors (Lipinski definition) is 0. The molecule has 0 atom stereocenters. The standard InChI is InChI=1S/C27H20F2N4O3/c28-20-9-7-19(8-10-20)26-24(17-33(31-26)23-5-2-1-3-6-23)27(35)36-18-25(34)32(16-4-15-30)22-13-11-21(29)12-14-22/h1-3,5-14,17H,4,16,18H2. The van der Waals surface area contributed by atoms with Crippen molar-refractivity contribution in [3.8, 4) is 23.0 Å². The fraction of sp³-hybridized carbons (Fsp3) is 0.111. The highest BCUT2D eigenvalue weighted by atomic mass is 19.1. The number of nitrogens with zero attached hydrogens (tertiary/aromatic N) is 4. The van der Waals surface area contributed by atoms with E-state index in [1.165, 1.54) is 64.3 Å². The van der Waals surface area contributed by atoms with Gasteiger partial charge in [-0.05, 0) is 60.7 Å². The van der Waals surface area contributed by atoms with Crippen molar-refractivity contribution in [3.05, 3.63) is 102 Å². The minimum atomic E-state index is -0.802. The van der Waals surface area contributed by atoms with Crippen molar-refractivity contribution in [2.24, 2.45) is 0 Å². The lowest BCUT2D eigenvalue weighted by Gasteiger charge is -2.21. The minimum absolute atomic E-state index is 0.0373. The number of carbonyl (C=O) groups is 2. The van der Waals surface area contributed by atoms with Gasteiger partial charge >= 0.3 is 5.97 Å². The largest absolute Gasteiger partial charge is 0.452 e. The quantitative estimate of drug-likeness (QED) is 0.330. The third-order valence-electron chi connectivity index (χ3n) is 5.29. The zero-order valence-corrected chi connectivity index (χ0v) is 19.0. The second-order valence-electron chi connectivity index (χ2n) is 7.68. The average Bonchev–Trinajstić information content (AvgIpc) is 3.35. The summed E-state index contributed by atoms with van der Waals surface area (Å²) in [5, 5.41) is 13.4. The molecule has 0 spiro atoms. The fourth-order valence-corrected chi connectivity index (χ4v) is 3.52. The summed E-state index contributed by atoms with van der Waals surface area (Å²) in [5.74, 6) is -2.29. The molecule has 1 amide bonds. The molecule has 4 aromatic rings. The molecule has 0 saturated carbocycles. The van der Waals surface area contributed by atoms with Crippen molar-refractivity contribution >= 4 is 17.6 Å². The molecule has 36 heavy (non-hydrogen) atoms. The monoisotopic (exact) mass is 486 g/mol. The van der Waals surface area contributed by atoms with Crippen LogP contribution in [0.5, 0.6) is 0 Å². The molecule has 0 saturated heterocycles. The zero-order valence-electron chi connectivity index (χ0n) is 19.0. The normalized spacial score (nSPS) is 10.5. The molecule has 180 valence electrons. The molecule has 3 aromatic carbocycles. The van der Waals surface area contributed by atoms with Crippen LogP contribution in [-0.4, -0.2) is 34.8 Å². The van der Waals surface area contributed by atoms with Crippen LogP contribution < -0.4 is 4.90 Å². The molecule has 9 heteroatoms. The Morgan fingerprint density at radius 3 is 2.22 bits per heavy atom. The van der Waals surface area contributed by atoms with E-state index in [4.69, 9.17) is 10.00 Å². The van der Waals surface area contributed by atoms with Crippen molar-refractivity contribution in [1.82, 2.24) is 9.78 Å². The van der Waals surface area contributed by atoms with Gasteiger partial charge in [-0.1, -0.05) is 18.2 Å². The number of anilines is 1. The third kappa shape index (κ3) is 5.62. The number of benzene rings is 3. The molecular weight excluding hydrogens is 466 g/mol. The maximum absolute atomic E-state index is 13.5. The van der Waals surface area contributed by atoms with Gasteiger partial charge in [0.05, 0.1) is 18.2 Å². The van der Waals surface area contributed by atoms with Gasteiger partial charge in [-0.3, -0.25) is 4.79 Å². The predicted molar refractivity (Wildman–Crippen MR) is 128 cm³/mol. The Balaban J connectivity index is 1.58. The van der Waals surface area contributed by atoms with E-state index in [9.17, 15) is 18.4 Å². The number of carbonyl (C=O) groups excluding carboxylic acids is 2. The molecule has 0 aliphatic heterocycles. The summed E-state index contributed by atoms with van der Waals surface area (Å²) in [4.78, 5) is 27.2. The Hall–Kier alpha value is -4.84. The van der Waals surface area contributed by atoms with Gasteiger partial charge in [0, 0.05) is 24.0 Å². The first-order valence-corrected chi connectivity index (χ1v) is 11.0. The van der Waals surface area contributed by atoms with Crippen LogP contribution in [0.3, 0.4) is 0 Å². The van der Waals surface area contributed by atoms with Crippen LogP contribution in [0.25, 0.3) is 16.9 Å². The highest BCUT2D eigenvalue weighted by Crippen LogP contribution is 2.25. The number of hydrogen-bond acceptors (Lipinski definition) is 5. The lowest BCUT2D eigenvalue weighted by atomic mass is 10.1. The number of ether oxygens (including phenoxy) is 1. The van der Waals surface area contributed by atoms with Crippen molar-refractivity contribution < 1.29 is 23.1 Å². The molecule has 1 aromatic heterocycles. The summed E-state index contributed by atoms with van der Waals surface area (Å²) in [6.07, 6.45) is 1.52. The van der Waals surface area contributed by atoms with Crippen LogP contribution in [0.2, 0.25) is 0 Å². The van der Waals surface area contributed by atoms with Gasteiger partial charge in [-0.25, -0.2) is 18.3 Å². The number of nitriles is 1. The van der Waals surface area contributed by atoms with Crippen LogP contribution in [0, 0.1) is 23.0 Å². The Labute approximate surface area is 205 Å². The van der Waals surface area contributed by atoms with Crippen LogP contribution in [0.4, 0.5) is 14.5 Å². The van der Waals surface area contributed by atoms with Crippen molar-refractivity contribution in [2.75, 3.05) is 18.1 Å². The number of aromatic nitrogens is 2. The molecule has 0 aliphatic carbocycles. The van der Waals surface area contributed by atoms with Gasteiger partial charge in [0.2, 0.25) is 0 Å². The van der Waals surface area contributed by atoms with Crippen molar-refractivity contribution in [2.45, 2.75) is 6.42 Å². The number of amides is 1. The van der Waals surface area contributed by atoms with E-state index in [1.54, 1.807) is 12.1 Å². The molecular formula is C27H20F2N4O3. The van der Waals surface area contributed by atoms with Gasteiger partial charge in [0.25, 0.3) is 5.91 Å². The second-order valence-corrected chi connectivity index (χ2v) is 7.68. The lowest BCUT2D eigenvalue weighted by molar-refractivity contribution is -0.121. The van der Waals surface area contributed by atoms with Crippen LogP contribution in [0.1, 0.15) is 16.8 Å². The predicted octanol–water partition coefficient (Wildman–Crippen LogP) is 4.92. The zero-order chi connectivity index (χ0) is 25.5. The van der Waals surface area contributed by atoms with E-state index in [2.05, 4.69) is 5.10 Å². The number of rotatable bonds is 8. The van der Waals surface area contributed by atoms with Crippen LogP contribution >= 0.6 is 0 Å². The highest BCUT2D eigenvalue weighted by molar-refractivity contribution is 5.99. The topological polar surface area (TPSA) is 88.2 Å². The number of esters is 1. The summed E-state index contributed by atoms with van der Waals surface area (Å²) in [6.45, 7) is -0.563. The van der Waals surface area contributed by atoms with Crippen LogP contribution in [0.15, 0.2) is 85.1 Å². The molecule has 0 fully saturated rings. The van der Waals surface area contributed by atoms with Crippen molar-refractivity contribution in [1.29, 1.82) is 5.26 Å². The summed E-state index contributed by atoms with van der Waals surface area (Å²) in [6, 6.07) is 21.7. The van der Waals surface area contributed by atoms with E-state index in [-0.39, 0.29) is 24.2 Å². The maximum atomic E-state index is 13.5. The smallest absolute Gasteiger partial charge is 0.342 e. The Morgan fingerprint density at radius 1 is 0.944 bits per heavy atom. The number of halogens is 2. The fourth-order valence-electron chi connectivity index (χ4n) is 3.52. The van der Waals surface area contributed by atoms with E-state index in [0.29, 0.717) is 16.9 Å². The van der Waals surface area contributed by atoms with Gasteiger partial charge < -0.3 is 9.64 Å². The Kier molecular flexibility index (Phi) is 7.46. The average molecular weight is 486 g/mol. The maximum Gasteiger partial charge on any atom is 0.342 e. The molecule has 0 bridgehead atoms. The van der Waals surface area contributed by atoms with E-state index in [1.807, 2.05) is 24.3 Å². The minimum Gasteiger partial charge on any atom is -0.452 e. The first-order chi connectivity index (χ1) is 17.5. The van der Waals surface area contributed by atoms with Gasteiger partial charge in [0.15, 0.2) is 6.61 Å². The SMILES string of the molecule is N#CCCN(C(=O)COC(=O)c1cn(-c2ccccc2)nc1-c1ccc(F)cc1)c1ccc(F)cc1. The highest BCUT2D eigenvalue weighted by Gasteiger charge is 2.23. The van der Waals surface area contributed by atoms with E-state index < -0.39 is 30.1 Å². The molecule has 0 N–H and O–H groups in total. The van der Waals surface area contributed by atoms with Gasteiger partial charge in [-0.15, -0.1) is 0 Å². The van der Waals surface area contributed by atoms with E-state index in [0.717, 1.165) is 0 Å². The summed E-state index contributed by atoms with van der Waals surface area (Å²) >= 11 is 0. The molecule has 0 unspecified atom stereocenters. The first-order valence-electron chi connectivity index (χ1n) is 11.0. The number of para-hydroxylation sites is 1. The lowest BCUT2D eigenvalue weighted by Crippen LogP contribution is -2.35. The van der Waals surface area contributed by atoms with Gasteiger partial charge in [0.1, 0.15) is 22.9 Å². The van der Waals surface area contributed by atoms with Crippen molar-refractivity contribution in [3.63, 3.8) is 0 Å². The van der Waals surface area contributed by atoms with Crippen LogP contribution in [-0.2, 0) is 9.53 Å². The summed E-state index contributed by atoms with van der Waals surface area (Å²) in [5.41, 5.74) is 1.90. The summed E-state index contributed by atoms with van der Waals surface area (Å²) in [7, 11) is 0. The van der Waals surface area contributed by atoms with E-state index >= 15 is 0 Å². The Bertz CT molecular complexity index is 1400. The third-order valence-corrected chi connectivity index (χ3v) is 5.29. The Morgan fingerprint density at radius 2 is 1.58 bits per heavy atom. The second kappa shape index (κ2) is 11.1. The molecule has 0 aliphatic rings. The van der Waals surface area contributed by atoms with Gasteiger partial charge in [-0.2, -0.15) is 10.4 Å². The molecule has 0 radical (unpaired) electrons. The molecule has 1 heterocycles. The molecule has 7 nitrogen and oxygen atoms in total. The first kappa shape index (κ1) is 24.3. The summed E-state index contributed by atoms with van der Waals surface area (Å²) < 4.78 is 33.6.